The molecule has 0 aliphatic heterocycles. The Labute approximate surface area is 107 Å². The van der Waals surface area contributed by atoms with Gasteiger partial charge in [0.15, 0.2) is 0 Å². The van der Waals surface area contributed by atoms with Crippen LogP contribution in [0.4, 0.5) is 0 Å². The van der Waals surface area contributed by atoms with Crippen molar-refractivity contribution >= 4 is 0 Å². The molecule has 1 heterocycles. The minimum absolute atomic E-state index is 0.641. The molecule has 2 N–H and O–H groups in total. The van der Waals surface area contributed by atoms with Gasteiger partial charge in [-0.2, -0.15) is 5.10 Å². The van der Waals surface area contributed by atoms with E-state index in [-0.39, 0.29) is 0 Å². The van der Waals surface area contributed by atoms with Gasteiger partial charge in [-0.3, -0.25) is 0 Å². The summed E-state index contributed by atoms with van der Waals surface area (Å²) in [6.07, 6.45) is 2.36. The van der Waals surface area contributed by atoms with Gasteiger partial charge in [-0.15, -0.1) is 0 Å². The maximum Gasteiger partial charge on any atom is 0.105 e. The molecule has 1 atom stereocenters. The minimum atomic E-state index is -0.894. The molecule has 2 rings (SSSR count). The molecule has 0 saturated carbocycles. The third-order valence-corrected chi connectivity index (χ3v) is 3.06. The fourth-order valence-corrected chi connectivity index (χ4v) is 1.98. The molecule has 0 saturated heterocycles. The van der Waals surface area contributed by atoms with E-state index in [1.54, 1.807) is 10.9 Å². The van der Waals surface area contributed by atoms with Gasteiger partial charge in [0.25, 0.3) is 0 Å². The standard InChI is InChI=1S/C14H19N3O/c1-14(18,9-11-15-2)13-8-10-16-17(13)12-6-4-3-5-7-12/h3-8,10,15,18H,9,11H2,1-2H3. The maximum atomic E-state index is 10.5. The Morgan fingerprint density at radius 1 is 1.28 bits per heavy atom. The molecule has 0 amide bonds. The van der Waals surface area contributed by atoms with Crippen molar-refractivity contribution in [2.24, 2.45) is 0 Å². The van der Waals surface area contributed by atoms with E-state index in [9.17, 15) is 5.11 Å². The lowest BCUT2D eigenvalue weighted by molar-refractivity contribution is 0.0416. The van der Waals surface area contributed by atoms with E-state index in [4.69, 9.17) is 0 Å². The van der Waals surface area contributed by atoms with Crippen molar-refractivity contribution in [3.8, 4) is 5.69 Å². The molecule has 1 aromatic heterocycles. The second-order valence-electron chi connectivity index (χ2n) is 4.59. The predicted octanol–water partition coefficient (Wildman–Crippen LogP) is 1.69. The van der Waals surface area contributed by atoms with E-state index in [1.165, 1.54) is 0 Å². The van der Waals surface area contributed by atoms with Crippen LogP contribution in [0.2, 0.25) is 0 Å². The van der Waals surface area contributed by atoms with E-state index in [2.05, 4.69) is 10.4 Å². The first-order chi connectivity index (χ1) is 8.65. The molecule has 18 heavy (non-hydrogen) atoms. The SMILES string of the molecule is CNCCC(C)(O)c1ccnn1-c1ccccc1. The van der Waals surface area contributed by atoms with Crippen molar-refractivity contribution in [3.63, 3.8) is 0 Å². The first kappa shape index (κ1) is 12.8. The van der Waals surface area contributed by atoms with Gasteiger partial charge >= 0.3 is 0 Å². The number of nitrogens with zero attached hydrogens (tertiary/aromatic N) is 2. The Morgan fingerprint density at radius 2 is 2.00 bits per heavy atom. The van der Waals surface area contributed by atoms with Crippen LogP contribution in [-0.4, -0.2) is 28.5 Å². The number of hydrogen-bond donors (Lipinski definition) is 2. The first-order valence-corrected chi connectivity index (χ1v) is 6.12. The largest absolute Gasteiger partial charge is 0.384 e. The van der Waals surface area contributed by atoms with Crippen molar-refractivity contribution in [3.05, 3.63) is 48.3 Å². The summed E-state index contributed by atoms with van der Waals surface area (Å²) in [5.74, 6) is 0. The molecule has 0 spiro atoms. The van der Waals surface area contributed by atoms with Gasteiger partial charge in [0, 0.05) is 6.20 Å². The van der Waals surface area contributed by atoms with Gasteiger partial charge in [0.05, 0.1) is 11.4 Å². The predicted molar refractivity (Wildman–Crippen MR) is 71.7 cm³/mol. The summed E-state index contributed by atoms with van der Waals surface area (Å²) < 4.78 is 1.79. The average molecular weight is 245 g/mol. The number of aliphatic hydroxyl groups is 1. The Balaban J connectivity index is 2.33. The summed E-state index contributed by atoms with van der Waals surface area (Å²) in [6.45, 7) is 2.58. The minimum Gasteiger partial charge on any atom is -0.384 e. The van der Waals surface area contributed by atoms with Crippen LogP contribution in [0.15, 0.2) is 42.6 Å². The molecule has 0 aliphatic carbocycles. The molecule has 1 unspecified atom stereocenters. The molecule has 1 aromatic carbocycles. The monoisotopic (exact) mass is 245 g/mol. The number of benzene rings is 1. The Morgan fingerprint density at radius 3 is 2.67 bits per heavy atom. The topological polar surface area (TPSA) is 50.1 Å². The number of para-hydroxylation sites is 1. The van der Waals surface area contributed by atoms with Gasteiger partial charge in [0.1, 0.15) is 5.60 Å². The zero-order chi connectivity index (χ0) is 13.0. The first-order valence-electron chi connectivity index (χ1n) is 6.12. The van der Waals surface area contributed by atoms with Crippen molar-refractivity contribution in [1.29, 1.82) is 0 Å². The molecule has 4 heteroatoms. The third kappa shape index (κ3) is 2.60. The summed E-state index contributed by atoms with van der Waals surface area (Å²) in [4.78, 5) is 0. The Kier molecular flexibility index (Phi) is 3.79. The van der Waals surface area contributed by atoms with Crippen molar-refractivity contribution in [2.75, 3.05) is 13.6 Å². The van der Waals surface area contributed by atoms with Crippen LogP contribution >= 0.6 is 0 Å². The van der Waals surface area contributed by atoms with E-state index < -0.39 is 5.60 Å². The summed E-state index contributed by atoms with van der Waals surface area (Å²) in [5, 5.41) is 17.9. The normalized spacial score (nSPS) is 14.4. The van der Waals surface area contributed by atoms with Crippen LogP contribution < -0.4 is 5.32 Å². The molecule has 96 valence electrons. The summed E-state index contributed by atoms with van der Waals surface area (Å²) in [5.41, 5.74) is 0.876. The van der Waals surface area contributed by atoms with Gasteiger partial charge in [-0.25, -0.2) is 4.68 Å². The van der Waals surface area contributed by atoms with Crippen LogP contribution in [0.3, 0.4) is 0 Å². The van der Waals surface area contributed by atoms with E-state index in [0.717, 1.165) is 17.9 Å². The lowest BCUT2D eigenvalue weighted by atomic mass is 9.98. The molecule has 4 nitrogen and oxygen atoms in total. The van der Waals surface area contributed by atoms with E-state index in [1.807, 2.05) is 50.4 Å². The molecular formula is C14H19N3O. The molecule has 0 bridgehead atoms. The van der Waals surface area contributed by atoms with Crippen molar-refractivity contribution in [2.45, 2.75) is 18.9 Å². The smallest absolute Gasteiger partial charge is 0.105 e. The van der Waals surface area contributed by atoms with Crippen LogP contribution in [-0.2, 0) is 5.60 Å². The Bertz CT molecular complexity index is 491. The van der Waals surface area contributed by atoms with Crippen LogP contribution in [0, 0.1) is 0 Å². The summed E-state index contributed by atoms with van der Waals surface area (Å²) >= 11 is 0. The molecule has 0 fully saturated rings. The highest BCUT2D eigenvalue weighted by Gasteiger charge is 2.26. The molecule has 0 radical (unpaired) electrons. The maximum absolute atomic E-state index is 10.5. The fourth-order valence-electron chi connectivity index (χ4n) is 1.98. The highest BCUT2D eigenvalue weighted by atomic mass is 16.3. The summed E-state index contributed by atoms with van der Waals surface area (Å²) in [7, 11) is 1.88. The molecule has 0 aliphatic rings. The number of nitrogens with one attached hydrogen (secondary N) is 1. The van der Waals surface area contributed by atoms with Crippen molar-refractivity contribution in [1.82, 2.24) is 15.1 Å². The van der Waals surface area contributed by atoms with E-state index in [0.29, 0.717) is 6.42 Å². The number of hydrogen-bond acceptors (Lipinski definition) is 3. The zero-order valence-electron chi connectivity index (χ0n) is 10.8. The molecular weight excluding hydrogens is 226 g/mol. The van der Waals surface area contributed by atoms with Crippen molar-refractivity contribution < 1.29 is 5.11 Å². The molecule has 2 aromatic rings. The lowest BCUT2D eigenvalue weighted by Crippen LogP contribution is -2.29. The quantitative estimate of drug-likeness (QED) is 0.842. The van der Waals surface area contributed by atoms with Gasteiger partial charge in [-0.05, 0) is 45.1 Å². The van der Waals surface area contributed by atoms with Crippen LogP contribution in [0.5, 0.6) is 0 Å². The van der Waals surface area contributed by atoms with Crippen LogP contribution in [0.1, 0.15) is 19.0 Å². The Hall–Kier alpha value is -1.65. The summed E-state index contributed by atoms with van der Waals surface area (Å²) in [6, 6.07) is 11.7. The zero-order valence-corrected chi connectivity index (χ0v) is 10.8. The second-order valence-corrected chi connectivity index (χ2v) is 4.59. The highest BCUT2D eigenvalue weighted by molar-refractivity contribution is 5.33. The van der Waals surface area contributed by atoms with Gasteiger partial charge in [-0.1, -0.05) is 18.2 Å². The lowest BCUT2D eigenvalue weighted by Gasteiger charge is -2.24. The number of rotatable bonds is 5. The number of aromatic nitrogens is 2. The third-order valence-electron chi connectivity index (χ3n) is 3.06. The van der Waals surface area contributed by atoms with Crippen LogP contribution in [0.25, 0.3) is 5.69 Å². The second kappa shape index (κ2) is 5.33. The van der Waals surface area contributed by atoms with E-state index >= 15 is 0 Å². The van der Waals surface area contributed by atoms with Gasteiger partial charge in [0.2, 0.25) is 0 Å². The average Bonchev–Trinajstić information content (AvgIpc) is 2.87. The fraction of sp³-hybridized carbons (Fsp3) is 0.357. The highest BCUT2D eigenvalue weighted by Crippen LogP contribution is 2.25. The van der Waals surface area contributed by atoms with Gasteiger partial charge < -0.3 is 10.4 Å².